The average Bonchev–Trinajstić information content (AvgIpc) is 3.76. The Kier molecular flexibility index (Phi) is 15.2. The maximum Gasteiger partial charge on any atom is 0.308 e. The molecule has 0 spiro atoms. The van der Waals surface area contributed by atoms with Crippen LogP contribution in [0.5, 0.6) is 11.5 Å². The molecule has 1 N–H and O–H groups in total. The minimum atomic E-state index is -2.62. The van der Waals surface area contributed by atoms with Gasteiger partial charge in [-0.3, -0.25) is 19.4 Å². The van der Waals surface area contributed by atoms with E-state index in [4.69, 9.17) is 14.2 Å². The zero-order valence-electron chi connectivity index (χ0n) is 41.1. The third-order valence-electron chi connectivity index (χ3n) is 17.4. The monoisotopic (exact) mass is 957 g/mol. The van der Waals surface area contributed by atoms with Crippen molar-refractivity contribution in [2.45, 2.75) is 192 Å². The molecular weight excluding hydrogens is 885 g/mol. The van der Waals surface area contributed by atoms with Gasteiger partial charge in [-0.05, 0) is 185 Å². The summed E-state index contributed by atoms with van der Waals surface area (Å²) in [6, 6.07) is 20.3. The van der Waals surface area contributed by atoms with Gasteiger partial charge in [-0.25, -0.2) is 17.6 Å². The Morgan fingerprint density at radius 1 is 0.551 bits per heavy atom. The lowest BCUT2D eigenvalue weighted by atomic mass is 9.88. The lowest BCUT2D eigenvalue weighted by Gasteiger charge is -2.42. The van der Waals surface area contributed by atoms with Crippen LogP contribution in [-0.2, 0) is 14.3 Å². The summed E-state index contributed by atoms with van der Waals surface area (Å²) in [7, 11) is 1.46. The summed E-state index contributed by atoms with van der Waals surface area (Å²) >= 11 is 0. The third-order valence-corrected chi connectivity index (χ3v) is 17.4. The van der Waals surface area contributed by atoms with Crippen LogP contribution in [0, 0.1) is 23.7 Å². The van der Waals surface area contributed by atoms with E-state index >= 15 is 0 Å². The smallest absolute Gasteiger partial charge is 0.308 e. The van der Waals surface area contributed by atoms with Gasteiger partial charge in [-0.15, -0.1) is 0 Å². The number of fused-ring (bicyclic) bond motifs is 6. The van der Waals surface area contributed by atoms with Gasteiger partial charge in [0.05, 0.1) is 42.3 Å². The fourth-order valence-corrected chi connectivity index (χ4v) is 13.5. The van der Waals surface area contributed by atoms with Crippen LogP contribution in [0.2, 0.25) is 0 Å². The van der Waals surface area contributed by atoms with Crippen molar-refractivity contribution in [1.82, 2.24) is 9.80 Å². The number of hydrogen-bond donors (Lipinski definition) is 1. The summed E-state index contributed by atoms with van der Waals surface area (Å²) < 4.78 is 74.9. The highest BCUT2D eigenvalue weighted by Gasteiger charge is 2.46. The number of halogens is 4. The van der Waals surface area contributed by atoms with Gasteiger partial charge in [0.1, 0.15) is 11.5 Å². The van der Waals surface area contributed by atoms with Crippen LogP contribution in [0.1, 0.15) is 178 Å². The number of piperidine rings is 2. The molecule has 4 saturated heterocycles. The molecule has 69 heavy (non-hydrogen) atoms. The van der Waals surface area contributed by atoms with Crippen LogP contribution in [-0.4, -0.2) is 70.3 Å². The molecular formula is C57H72F4N2O6. The van der Waals surface area contributed by atoms with Crippen molar-refractivity contribution in [3.05, 3.63) is 82.9 Å². The van der Waals surface area contributed by atoms with Gasteiger partial charge in [-0.1, -0.05) is 50.2 Å². The molecule has 4 aromatic carbocycles. The molecule has 0 aromatic heterocycles. The van der Waals surface area contributed by atoms with Crippen molar-refractivity contribution >= 4 is 33.5 Å². The molecule has 4 bridgehead atoms. The van der Waals surface area contributed by atoms with E-state index in [2.05, 4.69) is 43.6 Å². The molecule has 12 heteroatoms. The van der Waals surface area contributed by atoms with E-state index < -0.39 is 18.8 Å². The second kappa shape index (κ2) is 21.1. The first-order valence-corrected chi connectivity index (χ1v) is 26.0. The molecule has 4 aliphatic heterocycles. The SMILES string of the molecule is CC1CCC(Oc2ccc3ccc(C(C)N4C5CCC4CC(C(=O)O)C5)cc3c2C(F)F)CC1.COC(=O)C1CC2CCC(C1)N2C(C)c1ccc2ccc(OC3CCC(C)CC3)c(C(F)F)c2c1. The van der Waals surface area contributed by atoms with Crippen LogP contribution >= 0.6 is 0 Å². The highest BCUT2D eigenvalue weighted by molar-refractivity contribution is 5.90. The predicted octanol–water partition coefficient (Wildman–Crippen LogP) is 14.3. The maximum absolute atomic E-state index is 14.4. The number of carboxylic acid groups (broad SMARTS) is 1. The summed E-state index contributed by atoms with van der Waals surface area (Å²) in [5, 5.41) is 12.3. The van der Waals surface area contributed by atoms with Gasteiger partial charge in [0, 0.05) is 36.3 Å². The van der Waals surface area contributed by atoms with Gasteiger partial charge >= 0.3 is 11.9 Å². The normalized spacial score (nSPS) is 30.2. The van der Waals surface area contributed by atoms with Crippen molar-refractivity contribution in [1.29, 1.82) is 0 Å². The zero-order chi connectivity index (χ0) is 48.7. The Morgan fingerprint density at radius 3 is 1.26 bits per heavy atom. The minimum Gasteiger partial charge on any atom is -0.490 e. The maximum atomic E-state index is 14.4. The van der Waals surface area contributed by atoms with Crippen LogP contribution in [0.25, 0.3) is 21.5 Å². The number of methoxy groups -OCH3 is 1. The number of benzene rings is 4. The molecule has 6 aliphatic rings. The molecule has 0 radical (unpaired) electrons. The van der Waals surface area contributed by atoms with Crippen molar-refractivity contribution in [3.63, 3.8) is 0 Å². The summed E-state index contributed by atoms with van der Waals surface area (Å²) in [6.07, 6.45) is 9.86. The highest BCUT2D eigenvalue weighted by Crippen LogP contribution is 2.47. The number of alkyl halides is 4. The molecule has 6 atom stereocenters. The summed E-state index contributed by atoms with van der Waals surface area (Å²) in [5.41, 5.74) is 2.06. The van der Waals surface area contributed by atoms with Crippen LogP contribution in [0.4, 0.5) is 17.6 Å². The van der Waals surface area contributed by atoms with E-state index in [9.17, 15) is 32.3 Å². The van der Waals surface area contributed by atoms with Crippen molar-refractivity contribution in [2.24, 2.45) is 23.7 Å². The van der Waals surface area contributed by atoms with Gasteiger partial charge in [0.2, 0.25) is 0 Å². The Labute approximate surface area is 405 Å². The number of nitrogens with zero attached hydrogens (tertiary/aromatic N) is 2. The Bertz CT molecular complexity index is 2420. The second-order valence-corrected chi connectivity index (χ2v) is 21.7. The number of rotatable bonds is 12. The quantitative estimate of drug-likeness (QED) is 0.111. The Hall–Kier alpha value is -4.42. The van der Waals surface area contributed by atoms with E-state index in [0.29, 0.717) is 59.0 Å². The first-order chi connectivity index (χ1) is 33.2. The molecule has 6 unspecified atom stereocenters. The lowest BCUT2D eigenvalue weighted by Crippen LogP contribution is -2.46. The molecule has 2 aliphatic carbocycles. The van der Waals surface area contributed by atoms with E-state index in [-0.39, 0.29) is 65.3 Å². The van der Waals surface area contributed by atoms with E-state index in [1.165, 1.54) is 7.11 Å². The first-order valence-electron chi connectivity index (χ1n) is 26.0. The highest BCUT2D eigenvalue weighted by atomic mass is 19.3. The number of aliphatic carboxylic acids is 1. The van der Waals surface area contributed by atoms with Crippen LogP contribution in [0.3, 0.4) is 0 Å². The molecule has 6 fully saturated rings. The fraction of sp³-hybridized carbons (Fsp3) is 0.614. The average molecular weight is 957 g/mol. The largest absolute Gasteiger partial charge is 0.490 e. The van der Waals surface area contributed by atoms with Crippen LogP contribution < -0.4 is 9.47 Å². The number of carboxylic acids is 1. The molecule has 4 aromatic rings. The number of carbonyl (C=O) groups excluding carboxylic acids is 1. The Balaban J connectivity index is 0.000000172. The first kappa shape index (κ1) is 49.6. The molecule has 0 amide bonds. The van der Waals surface area contributed by atoms with E-state index in [1.807, 2.05) is 42.5 Å². The van der Waals surface area contributed by atoms with Gasteiger partial charge in [0.15, 0.2) is 0 Å². The van der Waals surface area contributed by atoms with Gasteiger partial charge < -0.3 is 19.3 Å². The number of carbonyl (C=O) groups is 2. The van der Waals surface area contributed by atoms with Gasteiger partial charge in [0.25, 0.3) is 12.9 Å². The summed E-state index contributed by atoms with van der Waals surface area (Å²) in [5.74, 6) is 0.878. The number of ether oxygens (including phenoxy) is 3. The second-order valence-electron chi connectivity index (χ2n) is 21.7. The van der Waals surface area contributed by atoms with Crippen molar-refractivity contribution in [3.8, 4) is 11.5 Å². The molecule has 4 heterocycles. The predicted molar refractivity (Wildman–Crippen MR) is 261 cm³/mol. The fourth-order valence-electron chi connectivity index (χ4n) is 13.5. The molecule has 2 saturated carbocycles. The zero-order valence-corrected chi connectivity index (χ0v) is 41.1. The van der Waals surface area contributed by atoms with E-state index in [0.717, 1.165) is 112 Å². The molecule has 374 valence electrons. The molecule has 10 rings (SSSR count). The third kappa shape index (κ3) is 10.5. The molecule has 8 nitrogen and oxygen atoms in total. The summed E-state index contributed by atoms with van der Waals surface area (Å²) in [4.78, 5) is 28.6. The lowest BCUT2D eigenvalue weighted by molar-refractivity contribution is -0.148. The Morgan fingerprint density at radius 2 is 0.913 bits per heavy atom. The summed E-state index contributed by atoms with van der Waals surface area (Å²) in [6.45, 7) is 8.76. The standard InChI is InChI=1S/C29H37F2NO3.C28H35F2NO3/c1-17-4-11-24(12-5-17)35-26-13-8-19-6-7-20(16-25(19)27(26)28(30)31)18(2)32-22-9-10-23(32)15-21(14-22)29(33)34-3;1-16-3-10-23(11-4-16)34-25-12-7-18-5-6-19(15-24(18)26(25)27(29)30)17(2)31-21-8-9-22(31)14-20(13-21)28(32)33/h6-8,13,16-18,21-24,28H,4-5,9-12,14-15H2,1-3H3;5-7,12,15-17,20-23,27H,3-4,8-11,13-14H2,1-2H3,(H,32,33). The topological polar surface area (TPSA) is 88.5 Å². The van der Waals surface area contributed by atoms with Gasteiger partial charge in [-0.2, -0.15) is 0 Å². The van der Waals surface area contributed by atoms with Crippen molar-refractivity contribution < 1.29 is 46.5 Å². The minimum absolute atomic E-state index is 0.000544. The van der Waals surface area contributed by atoms with Crippen LogP contribution in [0.15, 0.2) is 60.7 Å². The number of esters is 1. The number of hydrogen-bond acceptors (Lipinski definition) is 7. The van der Waals surface area contributed by atoms with Crippen molar-refractivity contribution in [2.75, 3.05) is 7.11 Å². The van der Waals surface area contributed by atoms with E-state index in [1.54, 1.807) is 12.1 Å².